The van der Waals surface area contributed by atoms with Crippen molar-refractivity contribution in [1.82, 2.24) is 0 Å². The Balaban J connectivity index is 0.000000423. The zero-order valence-electron chi connectivity index (χ0n) is 10.6. The number of hydrogen-bond donors (Lipinski definition) is 2. The Kier molecular flexibility index (Phi) is 7.37. The molecule has 0 saturated carbocycles. The Bertz CT molecular complexity index is 189. The van der Waals surface area contributed by atoms with Gasteiger partial charge >= 0.3 is 0 Å². The van der Waals surface area contributed by atoms with Crippen LogP contribution in [0.1, 0.15) is 53.4 Å². The van der Waals surface area contributed by atoms with Crippen LogP contribution in [0.2, 0.25) is 0 Å². The van der Waals surface area contributed by atoms with E-state index in [1.807, 2.05) is 6.92 Å². The maximum absolute atomic E-state index is 7.88. The minimum absolute atomic E-state index is 0.206. The summed E-state index contributed by atoms with van der Waals surface area (Å²) in [5.41, 5.74) is 1.55. The first-order chi connectivity index (χ1) is 6.91. The summed E-state index contributed by atoms with van der Waals surface area (Å²) in [5, 5.41) is 7.88. The SMILES string of the molecule is CC1=CCC(C(C)(C)S)CC1.CCCO. The summed E-state index contributed by atoms with van der Waals surface area (Å²) in [6, 6.07) is 0. The molecule has 0 aromatic carbocycles. The van der Waals surface area contributed by atoms with Gasteiger partial charge in [-0.15, -0.1) is 0 Å². The molecule has 1 aliphatic carbocycles. The molecule has 0 heterocycles. The van der Waals surface area contributed by atoms with Crippen LogP contribution in [0.25, 0.3) is 0 Å². The lowest BCUT2D eigenvalue weighted by molar-refractivity contribution is 0.295. The van der Waals surface area contributed by atoms with Crippen molar-refractivity contribution in [3.05, 3.63) is 11.6 Å². The molecule has 0 spiro atoms. The fourth-order valence-electron chi connectivity index (χ4n) is 1.61. The molecule has 0 aromatic rings. The second-order valence-electron chi connectivity index (χ2n) is 4.90. The van der Waals surface area contributed by atoms with Gasteiger partial charge in [-0.05, 0) is 38.5 Å². The number of aliphatic hydroxyl groups excluding tert-OH is 1. The van der Waals surface area contributed by atoms with Crippen LogP contribution in [0.5, 0.6) is 0 Å². The largest absolute Gasteiger partial charge is 0.396 e. The molecule has 1 unspecified atom stereocenters. The van der Waals surface area contributed by atoms with Crippen molar-refractivity contribution in [2.75, 3.05) is 6.61 Å². The molecule has 2 heteroatoms. The first-order valence-corrected chi connectivity index (χ1v) is 6.35. The molecule has 0 aromatic heterocycles. The predicted molar refractivity (Wildman–Crippen MR) is 71.5 cm³/mol. The van der Waals surface area contributed by atoms with Crippen molar-refractivity contribution in [3.8, 4) is 0 Å². The Hall–Kier alpha value is 0.0500. The van der Waals surface area contributed by atoms with Gasteiger partial charge in [0.15, 0.2) is 0 Å². The average Bonchev–Trinajstić information content (AvgIpc) is 2.17. The summed E-state index contributed by atoms with van der Waals surface area (Å²) in [7, 11) is 0. The summed E-state index contributed by atoms with van der Waals surface area (Å²) < 4.78 is 0.206. The molecule has 0 bridgehead atoms. The highest BCUT2D eigenvalue weighted by atomic mass is 32.1. The molecule has 1 N–H and O–H groups in total. The maximum Gasteiger partial charge on any atom is 0.0428 e. The molecule has 1 aliphatic rings. The lowest BCUT2D eigenvalue weighted by Crippen LogP contribution is -2.25. The first kappa shape index (κ1) is 15.0. The summed E-state index contributed by atoms with van der Waals surface area (Å²) in [6.45, 7) is 8.91. The lowest BCUT2D eigenvalue weighted by Gasteiger charge is -2.31. The molecular formula is C13H26OS. The second kappa shape index (κ2) is 7.34. The van der Waals surface area contributed by atoms with Crippen LogP contribution in [-0.4, -0.2) is 16.5 Å². The van der Waals surface area contributed by atoms with Gasteiger partial charge < -0.3 is 5.11 Å². The smallest absolute Gasteiger partial charge is 0.0428 e. The highest BCUT2D eigenvalue weighted by molar-refractivity contribution is 7.81. The molecule has 1 atom stereocenters. The summed E-state index contributed by atoms with van der Waals surface area (Å²) in [4.78, 5) is 0. The third-order valence-electron chi connectivity index (χ3n) is 2.86. The van der Waals surface area contributed by atoms with Crippen LogP contribution in [0, 0.1) is 5.92 Å². The van der Waals surface area contributed by atoms with E-state index in [4.69, 9.17) is 5.11 Å². The van der Waals surface area contributed by atoms with E-state index >= 15 is 0 Å². The van der Waals surface area contributed by atoms with Gasteiger partial charge in [-0.25, -0.2) is 0 Å². The van der Waals surface area contributed by atoms with Crippen LogP contribution in [0.4, 0.5) is 0 Å². The molecule has 0 radical (unpaired) electrons. The van der Waals surface area contributed by atoms with Crippen LogP contribution in [0.15, 0.2) is 11.6 Å². The van der Waals surface area contributed by atoms with E-state index < -0.39 is 0 Å². The Labute approximate surface area is 100 Å². The zero-order valence-corrected chi connectivity index (χ0v) is 11.5. The second-order valence-corrected chi connectivity index (χ2v) is 6.05. The number of thiol groups is 1. The number of hydrogen-bond acceptors (Lipinski definition) is 2. The van der Waals surface area contributed by atoms with E-state index in [2.05, 4.69) is 39.5 Å². The monoisotopic (exact) mass is 230 g/mol. The quantitative estimate of drug-likeness (QED) is 0.546. The third kappa shape index (κ3) is 7.02. The lowest BCUT2D eigenvalue weighted by atomic mass is 9.82. The van der Waals surface area contributed by atoms with Gasteiger partial charge in [0.25, 0.3) is 0 Å². The third-order valence-corrected chi connectivity index (χ3v) is 3.23. The van der Waals surface area contributed by atoms with Gasteiger partial charge in [0.2, 0.25) is 0 Å². The Morgan fingerprint density at radius 1 is 1.53 bits per heavy atom. The summed E-state index contributed by atoms with van der Waals surface area (Å²) >= 11 is 4.60. The number of aliphatic hydroxyl groups is 1. The topological polar surface area (TPSA) is 20.2 Å². The molecule has 1 rings (SSSR count). The molecule has 0 saturated heterocycles. The van der Waals surface area contributed by atoms with Crippen LogP contribution < -0.4 is 0 Å². The first-order valence-electron chi connectivity index (χ1n) is 5.90. The van der Waals surface area contributed by atoms with Gasteiger partial charge in [-0.3, -0.25) is 0 Å². The van der Waals surface area contributed by atoms with E-state index in [1.54, 1.807) is 5.57 Å². The van der Waals surface area contributed by atoms with Crippen molar-refractivity contribution >= 4 is 12.6 Å². The van der Waals surface area contributed by atoms with Crippen molar-refractivity contribution in [1.29, 1.82) is 0 Å². The number of allylic oxidation sites excluding steroid dienone is 2. The molecule has 0 amide bonds. The molecule has 0 aliphatic heterocycles. The Morgan fingerprint density at radius 3 is 2.33 bits per heavy atom. The normalized spacial score (nSPS) is 21.5. The zero-order chi connectivity index (χ0) is 11.9. The van der Waals surface area contributed by atoms with Gasteiger partial charge in [0.1, 0.15) is 0 Å². The standard InChI is InChI=1S/C10H18S.C3H8O/c1-8-4-6-9(7-5-8)10(2,3)11;1-2-3-4/h4,9,11H,5-7H2,1-3H3;4H,2-3H2,1H3. The molecular weight excluding hydrogens is 204 g/mol. The van der Waals surface area contributed by atoms with Gasteiger partial charge in [-0.1, -0.05) is 32.4 Å². The Morgan fingerprint density at radius 2 is 2.07 bits per heavy atom. The highest BCUT2D eigenvalue weighted by Gasteiger charge is 2.25. The van der Waals surface area contributed by atoms with E-state index in [0.29, 0.717) is 6.61 Å². The van der Waals surface area contributed by atoms with Crippen molar-refractivity contribution in [3.63, 3.8) is 0 Å². The van der Waals surface area contributed by atoms with Crippen molar-refractivity contribution in [2.45, 2.75) is 58.1 Å². The van der Waals surface area contributed by atoms with E-state index in [-0.39, 0.29) is 4.75 Å². The van der Waals surface area contributed by atoms with Gasteiger partial charge in [0, 0.05) is 11.4 Å². The van der Waals surface area contributed by atoms with Crippen LogP contribution >= 0.6 is 12.6 Å². The van der Waals surface area contributed by atoms with E-state index in [1.165, 1.54) is 19.3 Å². The van der Waals surface area contributed by atoms with Gasteiger partial charge in [-0.2, -0.15) is 12.6 Å². The number of rotatable bonds is 2. The van der Waals surface area contributed by atoms with Gasteiger partial charge in [0.05, 0.1) is 0 Å². The fraction of sp³-hybridized carbons (Fsp3) is 0.846. The van der Waals surface area contributed by atoms with Crippen molar-refractivity contribution < 1.29 is 5.11 Å². The van der Waals surface area contributed by atoms with Crippen LogP contribution in [-0.2, 0) is 0 Å². The van der Waals surface area contributed by atoms with E-state index in [9.17, 15) is 0 Å². The summed E-state index contributed by atoms with van der Waals surface area (Å²) in [6.07, 6.45) is 7.06. The molecule has 90 valence electrons. The fourth-order valence-corrected chi connectivity index (χ4v) is 1.84. The predicted octanol–water partition coefficient (Wildman–Crippen LogP) is 3.83. The maximum atomic E-state index is 7.88. The van der Waals surface area contributed by atoms with Crippen LogP contribution in [0.3, 0.4) is 0 Å². The van der Waals surface area contributed by atoms with E-state index in [0.717, 1.165) is 12.3 Å². The summed E-state index contributed by atoms with van der Waals surface area (Å²) in [5.74, 6) is 0.773. The molecule has 15 heavy (non-hydrogen) atoms. The highest BCUT2D eigenvalue weighted by Crippen LogP contribution is 2.35. The van der Waals surface area contributed by atoms with Crippen molar-refractivity contribution in [2.24, 2.45) is 5.92 Å². The average molecular weight is 230 g/mol. The minimum Gasteiger partial charge on any atom is -0.396 e. The molecule has 0 fully saturated rings. The molecule has 1 nitrogen and oxygen atoms in total. The minimum atomic E-state index is 0.206.